The number of hydrogen-bond donors (Lipinski definition) is 0. The van der Waals surface area contributed by atoms with Crippen molar-refractivity contribution in [3.63, 3.8) is 0 Å². The number of aliphatic imine (C=N–C) groups is 1. The van der Waals surface area contributed by atoms with E-state index in [-0.39, 0.29) is 17.8 Å². The summed E-state index contributed by atoms with van der Waals surface area (Å²) in [6.45, 7) is 0.158. The van der Waals surface area contributed by atoms with Crippen molar-refractivity contribution in [2.45, 2.75) is 25.3 Å². The standard InChI is InChI=1S/C19H12BrClF2N4/c20-10-6-7-13-16(17(10)21)18(15-11(22)2-1-3-12(15)23)24-8-14-25-26-19(27(13)14)9-4-5-9/h1-3,6-7,9H,4-5,8H2. The molecule has 2 aliphatic rings. The summed E-state index contributed by atoms with van der Waals surface area (Å²) < 4.78 is 31.7. The molecule has 5 rings (SSSR count). The van der Waals surface area contributed by atoms with E-state index in [1.54, 1.807) is 0 Å². The monoisotopic (exact) mass is 448 g/mol. The zero-order chi connectivity index (χ0) is 18.7. The van der Waals surface area contributed by atoms with Gasteiger partial charge in [0.05, 0.1) is 22.0 Å². The molecule has 1 aromatic heterocycles. The average molecular weight is 450 g/mol. The molecule has 136 valence electrons. The molecule has 4 nitrogen and oxygen atoms in total. The Morgan fingerprint density at radius 2 is 1.78 bits per heavy atom. The molecule has 0 saturated heterocycles. The Kier molecular flexibility index (Phi) is 3.91. The van der Waals surface area contributed by atoms with Gasteiger partial charge in [0.2, 0.25) is 0 Å². The normalized spacial score (nSPS) is 15.8. The van der Waals surface area contributed by atoms with Crippen LogP contribution in [0.5, 0.6) is 0 Å². The molecule has 0 bridgehead atoms. The number of rotatable bonds is 2. The fourth-order valence-electron chi connectivity index (χ4n) is 3.41. The number of halogens is 4. The van der Waals surface area contributed by atoms with Gasteiger partial charge >= 0.3 is 0 Å². The zero-order valence-electron chi connectivity index (χ0n) is 13.9. The lowest BCUT2D eigenvalue weighted by Crippen LogP contribution is -2.13. The van der Waals surface area contributed by atoms with Crippen LogP contribution < -0.4 is 0 Å². The highest BCUT2D eigenvalue weighted by molar-refractivity contribution is 9.10. The van der Waals surface area contributed by atoms with Gasteiger partial charge in [-0.1, -0.05) is 17.7 Å². The fourth-order valence-corrected chi connectivity index (χ4v) is 3.99. The maximum absolute atomic E-state index is 14.6. The maximum atomic E-state index is 14.6. The van der Waals surface area contributed by atoms with Gasteiger partial charge in [0.15, 0.2) is 5.82 Å². The van der Waals surface area contributed by atoms with Crippen molar-refractivity contribution in [2.75, 3.05) is 0 Å². The number of nitrogens with zero attached hydrogens (tertiary/aromatic N) is 4. The summed E-state index contributed by atoms with van der Waals surface area (Å²) >= 11 is 10.00. The molecular formula is C19H12BrClF2N4. The Morgan fingerprint density at radius 1 is 1.04 bits per heavy atom. The van der Waals surface area contributed by atoms with Crippen molar-refractivity contribution in [1.29, 1.82) is 0 Å². The second-order valence-corrected chi connectivity index (χ2v) is 7.83. The highest BCUT2D eigenvalue weighted by atomic mass is 79.9. The molecular weight excluding hydrogens is 438 g/mol. The van der Waals surface area contributed by atoms with Crippen molar-refractivity contribution < 1.29 is 8.78 Å². The smallest absolute Gasteiger partial charge is 0.159 e. The minimum Gasteiger partial charge on any atom is -0.280 e. The van der Waals surface area contributed by atoms with E-state index in [2.05, 4.69) is 31.1 Å². The Morgan fingerprint density at radius 3 is 2.48 bits per heavy atom. The lowest BCUT2D eigenvalue weighted by molar-refractivity contribution is 0.579. The van der Waals surface area contributed by atoms with Crippen LogP contribution in [0, 0.1) is 11.6 Å². The summed E-state index contributed by atoms with van der Waals surface area (Å²) in [4.78, 5) is 4.50. The highest BCUT2D eigenvalue weighted by Crippen LogP contribution is 2.43. The van der Waals surface area contributed by atoms with Crippen molar-refractivity contribution in [3.8, 4) is 5.69 Å². The van der Waals surface area contributed by atoms with Gasteiger partial charge in [-0.05, 0) is 53.0 Å². The van der Waals surface area contributed by atoms with Crippen LogP contribution in [0.25, 0.3) is 5.69 Å². The van der Waals surface area contributed by atoms with E-state index in [4.69, 9.17) is 11.6 Å². The minimum absolute atomic E-state index is 0.158. The summed E-state index contributed by atoms with van der Waals surface area (Å²) in [6.07, 6.45) is 2.10. The first-order valence-corrected chi connectivity index (χ1v) is 9.65. The SMILES string of the molecule is Fc1cccc(F)c1C1=NCc2nnc(C3CC3)n2-c2ccc(Br)c(Cl)c21. The van der Waals surface area contributed by atoms with Gasteiger partial charge in [-0.25, -0.2) is 8.78 Å². The predicted octanol–water partition coefficient (Wildman–Crippen LogP) is 5.19. The first kappa shape index (κ1) is 17.0. The molecule has 0 spiro atoms. The first-order valence-electron chi connectivity index (χ1n) is 8.48. The minimum atomic E-state index is -0.684. The van der Waals surface area contributed by atoms with Gasteiger partial charge in [-0.2, -0.15) is 0 Å². The topological polar surface area (TPSA) is 43.1 Å². The third-order valence-corrected chi connectivity index (χ3v) is 6.11. The zero-order valence-corrected chi connectivity index (χ0v) is 16.2. The molecule has 0 amide bonds. The first-order chi connectivity index (χ1) is 13.1. The molecule has 1 fully saturated rings. The Bertz CT molecular complexity index is 1100. The fraction of sp³-hybridized carbons (Fsp3) is 0.211. The molecule has 0 N–H and O–H groups in total. The lowest BCUT2D eigenvalue weighted by Gasteiger charge is -2.16. The predicted molar refractivity (Wildman–Crippen MR) is 102 cm³/mol. The van der Waals surface area contributed by atoms with Crippen LogP contribution in [0.4, 0.5) is 8.78 Å². The summed E-state index contributed by atoms with van der Waals surface area (Å²) in [6, 6.07) is 7.42. The van der Waals surface area contributed by atoms with Gasteiger partial charge in [-0.15, -0.1) is 10.2 Å². The number of aromatic nitrogens is 3. The molecule has 27 heavy (non-hydrogen) atoms. The van der Waals surface area contributed by atoms with Crippen molar-refractivity contribution in [2.24, 2.45) is 4.99 Å². The van der Waals surface area contributed by atoms with Crippen LogP contribution in [0.2, 0.25) is 5.02 Å². The summed E-state index contributed by atoms with van der Waals surface area (Å²) in [7, 11) is 0. The van der Waals surface area contributed by atoms with Crippen molar-refractivity contribution >= 4 is 33.2 Å². The van der Waals surface area contributed by atoms with Gasteiger partial charge in [-0.3, -0.25) is 9.56 Å². The molecule has 0 unspecified atom stereocenters. The van der Waals surface area contributed by atoms with Gasteiger partial charge < -0.3 is 0 Å². The van der Waals surface area contributed by atoms with Crippen LogP contribution in [0.1, 0.15) is 41.5 Å². The molecule has 1 aliphatic carbocycles. The Hall–Kier alpha value is -2.12. The summed E-state index contributed by atoms with van der Waals surface area (Å²) in [5, 5.41) is 8.94. The molecule has 1 saturated carbocycles. The summed E-state index contributed by atoms with van der Waals surface area (Å²) in [5.74, 6) is 0.443. The molecule has 8 heteroatoms. The van der Waals surface area contributed by atoms with E-state index in [0.29, 0.717) is 32.5 Å². The van der Waals surface area contributed by atoms with Crippen LogP contribution in [0.15, 0.2) is 39.8 Å². The Balaban J connectivity index is 1.84. The third kappa shape index (κ3) is 2.63. The quantitative estimate of drug-likeness (QED) is 0.540. The van der Waals surface area contributed by atoms with E-state index in [9.17, 15) is 8.78 Å². The number of benzene rings is 2. The molecule has 2 aromatic carbocycles. The molecule has 0 radical (unpaired) electrons. The van der Waals surface area contributed by atoms with E-state index in [0.717, 1.165) is 18.7 Å². The van der Waals surface area contributed by atoms with Crippen LogP contribution in [-0.2, 0) is 6.54 Å². The van der Waals surface area contributed by atoms with E-state index in [1.807, 2.05) is 16.7 Å². The number of fused-ring (bicyclic) bond motifs is 3. The van der Waals surface area contributed by atoms with Crippen molar-refractivity contribution in [1.82, 2.24) is 14.8 Å². The van der Waals surface area contributed by atoms with Gasteiger partial charge in [0.1, 0.15) is 24.0 Å². The van der Waals surface area contributed by atoms with Crippen molar-refractivity contribution in [3.05, 3.63) is 74.2 Å². The van der Waals surface area contributed by atoms with Crippen LogP contribution in [-0.4, -0.2) is 20.5 Å². The maximum Gasteiger partial charge on any atom is 0.159 e. The van der Waals surface area contributed by atoms with E-state index >= 15 is 0 Å². The molecule has 3 aromatic rings. The highest BCUT2D eigenvalue weighted by Gasteiger charge is 2.34. The lowest BCUT2D eigenvalue weighted by atomic mass is 9.99. The molecule has 1 aliphatic heterocycles. The third-order valence-electron chi connectivity index (χ3n) is 4.83. The Labute approximate surface area is 167 Å². The van der Waals surface area contributed by atoms with E-state index in [1.165, 1.54) is 18.2 Å². The van der Waals surface area contributed by atoms with Gasteiger partial charge in [0, 0.05) is 16.0 Å². The molecule has 0 atom stereocenters. The second-order valence-electron chi connectivity index (χ2n) is 6.60. The average Bonchev–Trinajstić information content (AvgIpc) is 3.42. The van der Waals surface area contributed by atoms with Crippen LogP contribution in [0.3, 0.4) is 0 Å². The second kappa shape index (κ2) is 6.21. The molecule has 2 heterocycles. The largest absolute Gasteiger partial charge is 0.280 e. The number of hydrogen-bond acceptors (Lipinski definition) is 3. The van der Waals surface area contributed by atoms with E-state index < -0.39 is 11.6 Å². The summed E-state index contributed by atoms with van der Waals surface area (Å²) in [5.41, 5.74) is 1.14. The van der Waals surface area contributed by atoms with Crippen LogP contribution >= 0.6 is 27.5 Å². The van der Waals surface area contributed by atoms with Gasteiger partial charge in [0.25, 0.3) is 0 Å².